The van der Waals surface area contributed by atoms with E-state index in [0.717, 1.165) is 32.6 Å². The topological polar surface area (TPSA) is 53.0 Å². The number of nitrogens with zero attached hydrogens (tertiary/aromatic N) is 2. The summed E-state index contributed by atoms with van der Waals surface area (Å²) in [5, 5.41) is 9.29. The number of carbonyl (C=O) groups excluding carboxylic acids is 1. The maximum absolute atomic E-state index is 11.7. The standard InChI is InChI=1S/C14H28N2O3/c1-5-12(11-17)16-8-6-15(7-9-16)10-13(18)19-14(2,3)4/h12,17H,5-11H2,1-4H3. The smallest absolute Gasteiger partial charge is 0.320 e. The van der Waals surface area contributed by atoms with E-state index in [9.17, 15) is 9.90 Å². The molecule has 0 spiro atoms. The Morgan fingerprint density at radius 3 is 2.26 bits per heavy atom. The molecule has 1 unspecified atom stereocenters. The van der Waals surface area contributed by atoms with Crippen molar-refractivity contribution in [2.75, 3.05) is 39.3 Å². The summed E-state index contributed by atoms with van der Waals surface area (Å²) in [4.78, 5) is 16.2. The van der Waals surface area contributed by atoms with Crippen molar-refractivity contribution >= 4 is 5.97 Å². The van der Waals surface area contributed by atoms with E-state index in [1.807, 2.05) is 20.8 Å². The van der Waals surface area contributed by atoms with Crippen LogP contribution in [0.2, 0.25) is 0 Å². The lowest BCUT2D eigenvalue weighted by atomic mass is 10.1. The van der Waals surface area contributed by atoms with E-state index in [0.29, 0.717) is 6.54 Å². The van der Waals surface area contributed by atoms with Crippen molar-refractivity contribution in [1.82, 2.24) is 9.80 Å². The largest absolute Gasteiger partial charge is 0.459 e. The van der Waals surface area contributed by atoms with E-state index < -0.39 is 5.60 Å². The highest BCUT2D eigenvalue weighted by molar-refractivity contribution is 5.72. The van der Waals surface area contributed by atoms with E-state index in [1.54, 1.807) is 0 Å². The molecule has 1 fully saturated rings. The van der Waals surface area contributed by atoms with Gasteiger partial charge in [0.25, 0.3) is 0 Å². The van der Waals surface area contributed by atoms with Gasteiger partial charge >= 0.3 is 5.97 Å². The minimum absolute atomic E-state index is 0.157. The van der Waals surface area contributed by atoms with Gasteiger partial charge in [0.15, 0.2) is 0 Å². The van der Waals surface area contributed by atoms with E-state index in [4.69, 9.17) is 4.74 Å². The molecular weight excluding hydrogens is 244 g/mol. The molecule has 0 aliphatic carbocycles. The molecule has 0 aromatic heterocycles. The SMILES string of the molecule is CCC(CO)N1CCN(CC(=O)OC(C)(C)C)CC1. The molecule has 112 valence electrons. The van der Waals surface area contributed by atoms with Gasteiger partial charge in [0.2, 0.25) is 0 Å². The van der Waals surface area contributed by atoms with Gasteiger partial charge in [0.1, 0.15) is 5.60 Å². The van der Waals surface area contributed by atoms with Gasteiger partial charge in [-0.25, -0.2) is 0 Å². The summed E-state index contributed by atoms with van der Waals surface area (Å²) in [7, 11) is 0. The van der Waals surface area contributed by atoms with Crippen LogP contribution in [0.1, 0.15) is 34.1 Å². The summed E-state index contributed by atoms with van der Waals surface area (Å²) in [6.45, 7) is 11.8. The average molecular weight is 272 g/mol. The highest BCUT2D eigenvalue weighted by atomic mass is 16.6. The highest BCUT2D eigenvalue weighted by Gasteiger charge is 2.25. The third-order valence-corrected chi connectivity index (χ3v) is 3.38. The van der Waals surface area contributed by atoms with Crippen LogP contribution >= 0.6 is 0 Å². The van der Waals surface area contributed by atoms with E-state index >= 15 is 0 Å². The molecule has 1 atom stereocenters. The van der Waals surface area contributed by atoms with Crippen molar-refractivity contribution in [3.63, 3.8) is 0 Å². The lowest BCUT2D eigenvalue weighted by Gasteiger charge is -2.38. The Bertz CT molecular complexity index is 277. The van der Waals surface area contributed by atoms with Gasteiger partial charge in [-0.2, -0.15) is 0 Å². The van der Waals surface area contributed by atoms with Crippen molar-refractivity contribution in [3.05, 3.63) is 0 Å². The molecule has 0 radical (unpaired) electrons. The zero-order valence-corrected chi connectivity index (χ0v) is 12.7. The minimum Gasteiger partial charge on any atom is -0.459 e. The fourth-order valence-electron chi connectivity index (χ4n) is 2.35. The Kier molecular flexibility index (Phi) is 6.23. The van der Waals surface area contributed by atoms with Crippen LogP contribution in [-0.2, 0) is 9.53 Å². The molecule has 1 aliphatic heterocycles. The summed E-state index contributed by atoms with van der Waals surface area (Å²) in [5.41, 5.74) is -0.414. The summed E-state index contributed by atoms with van der Waals surface area (Å²) in [5.74, 6) is -0.157. The third kappa shape index (κ3) is 5.89. The molecule has 1 aliphatic rings. The zero-order chi connectivity index (χ0) is 14.5. The number of aliphatic hydroxyl groups is 1. The van der Waals surface area contributed by atoms with Gasteiger partial charge < -0.3 is 9.84 Å². The van der Waals surface area contributed by atoms with E-state index in [-0.39, 0.29) is 18.6 Å². The second kappa shape index (κ2) is 7.22. The zero-order valence-electron chi connectivity index (χ0n) is 12.7. The minimum atomic E-state index is -0.414. The fraction of sp³-hybridized carbons (Fsp3) is 0.929. The van der Waals surface area contributed by atoms with Crippen LogP contribution in [0.3, 0.4) is 0 Å². The summed E-state index contributed by atoms with van der Waals surface area (Å²) in [6, 6.07) is 0.253. The number of hydrogen-bond donors (Lipinski definition) is 1. The predicted octanol–water partition coefficient (Wildman–Crippen LogP) is 0.717. The molecule has 0 amide bonds. The fourth-order valence-corrected chi connectivity index (χ4v) is 2.35. The van der Waals surface area contributed by atoms with Crippen molar-refractivity contribution in [2.45, 2.75) is 45.8 Å². The van der Waals surface area contributed by atoms with Crippen molar-refractivity contribution in [3.8, 4) is 0 Å². The summed E-state index contributed by atoms with van der Waals surface area (Å²) in [6.07, 6.45) is 0.961. The molecule has 0 aromatic carbocycles. The van der Waals surface area contributed by atoms with Gasteiger partial charge in [0.05, 0.1) is 13.2 Å². The van der Waals surface area contributed by atoms with Crippen LogP contribution in [0.4, 0.5) is 0 Å². The molecule has 0 saturated carbocycles. The normalized spacial score (nSPS) is 20.3. The van der Waals surface area contributed by atoms with Gasteiger partial charge in [-0.15, -0.1) is 0 Å². The Hall–Kier alpha value is -0.650. The number of esters is 1. The Morgan fingerprint density at radius 1 is 1.26 bits per heavy atom. The monoisotopic (exact) mass is 272 g/mol. The van der Waals surface area contributed by atoms with Crippen LogP contribution in [0.25, 0.3) is 0 Å². The van der Waals surface area contributed by atoms with Crippen LogP contribution in [0.15, 0.2) is 0 Å². The first kappa shape index (κ1) is 16.4. The van der Waals surface area contributed by atoms with E-state index in [1.165, 1.54) is 0 Å². The highest BCUT2D eigenvalue weighted by Crippen LogP contribution is 2.11. The van der Waals surface area contributed by atoms with Gasteiger partial charge in [-0.3, -0.25) is 14.6 Å². The third-order valence-electron chi connectivity index (χ3n) is 3.38. The average Bonchev–Trinajstić information content (AvgIpc) is 2.30. The van der Waals surface area contributed by atoms with Crippen molar-refractivity contribution in [2.24, 2.45) is 0 Å². The first-order valence-corrected chi connectivity index (χ1v) is 7.15. The van der Waals surface area contributed by atoms with E-state index in [2.05, 4.69) is 16.7 Å². The molecular formula is C14H28N2O3. The van der Waals surface area contributed by atoms with Gasteiger partial charge in [0, 0.05) is 32.2 Å². The molecule has 1 saturated heterocycles. The first-order valence-electron chi connectivity index (χ1n) is 7.15. The lowest BCUT2D eigenvalue weighted by Crippen LogP contribution is -2.52. The van der Waals surface area contributed by atoms with Gasteiger partial charge in [-0.05, 0) is 27.2 Å². The number of piperazine rings is 1. The molecule has 5 nitrogen and oxygen atoms in total. The maximum Gasteiger partial charge on any atom is 0.320 e. The second-order valence-corrected chi connectivity index (χ2v) is 6.14. The second-order valence-electron chi connectivity index (χ2n) is 6.14. The predicted molar refractivity (Wildman–Crippen MR) is 75.0 cm³/mol. The van der Waals surface area contributed by atoms with Crippen molar-refractivity contribution in [1.29, 1.82) is 0 Å². The quantitative estimate of drug-likeness (QED) is 0.747. The van der Waals surface area contributed by atoms with Crippen LogP contribution < -0.4 is 0 Å². The summed E-state index contributed by atoms with van der Waals surface area (Å²) < 4.78 is 5.32. The molecule has 1 N–H and O–H groups in total. The number of hydrogen-bond acceptors (Lipinski definition) is 5. The molecule has 0 bridgehead atoms. The Labute approximate surface area is 116 Å². The lowest BCUT2D eigenvalue weighted by molar-refractivity contribution is -0.156. The number of aliphatic hydroxyl groups excluding tert-OH is 1. The number of rotatable bonds is 5. The Balaban J connectivity index is 2.32. The molecule has 0 aromatic rings. The maximum atomic E-state index is 11.7. The van der Waals surface area contributed by atoms with Crippen molar-refractivity contribution < 1.29 is 14.6 Å². The van der Waals surface area contributed by atoms with Crippen LogP contribution in [-0.4, -0.2) is 71.8 Å². The van der Waals surface area contributed by atoms with Crippen LogP contribution in [0.5, 0.6) is 0 Å². The molecule has 5 heteroatoms. The number of ether oxygens (including phenoxy) is 1. The van der Waals surface area contributed by atoms with Gasteiger partial charge in [-0.1, -0.05) is 6.92 Å². The van der Waals surface area contributed by atoms with Crippen LogP contribution in [0, 0.1) is 0 Å². The molecule has 1 heterocycles. The molecule has 19 heavy (non-hydrogen) atoms. The Morgan fingerprint density at radius 2 is 1.84 bits per heavy atom. The summed E-state index contributed by atoms with van der Waals surface area (Å²) >= 11 is 0. The first-order chi connectivity index (χ1) is 8.85. The number of carbonyl (C=O) groups is 1. The molecule has 1 rings (SSSR count).